The molecule has 0 radical (unpaired) electrons. The average molecular weight is 255 g/mol. The summed E-state index contributed by atoms with van der Waals surface area (Å²) < 4.78 is 0. The van der Waals surface area contributed by atoms with Gasteiger partial charge in [-0.3, -0.25) is 0 Å². The van der Waals surface area contributed by atoms with E-state index in [4.69, 9.17) is 5.11 Å². The Morgan fingerprint density at radius 3 is 2.86 bits per heavy atom. The molecule has 0 amide bonds. The molecule has 76 valence electrons. The Morgan fingerprint density at radius 2 is 2.21 bits per heavy atom. The number of allylic oxidation sites excluding steroid dienone is 1. The number of halogens is 1. The highest BCUT2D eigenvalue weighted by molar-refractivity contribution is 9.09. The monoisotopic (exact) mass is 254 g/mol. The van der Waals surface area contributed by atoms with E-state index >= 15 is 0 Å². The molecule has 0 unspecified atom stereocenters. The van der Waals surface area contributed by atoms with Crippen LogP contribution in [0.2, 0.25) is 0 Å². The van der Waals surface area contributed by atoms with E-state index in [9.17, 15) is 0 Å². The smallest absolute Gasteiger partial charge is 0.0684 e. The molecule has 0 bridgehead atoms. The predicted octanol–water partition coefficient (Wildman–Crippen LogP) is 3.29. The molecule has 0 heterocycles. The summed E-state index contributed by atoms with van der Waals surface area (Å²) in [5.74, 6) is 0. The second-order valence-corrected chi connectivity index (χ2v) is 4.02. The van der Waals surface area contributed by atoms with Crippen molar-refractivity contribution < 1.29 is 5.11 Å². The van der Waals surface area contributed by atoms with Crippen LogP contribution in [-0.2, 0) is 6.61 Å². The number of hydrogen-bond acceptors (Lipinski definition) is 1. The second kappa shape index (κ2) is 5.99. The van der Waals surface area contributed by atoms with Gasteiger partial charge in [-0.15, -0.1) is 0 Å². The van der Waals surface area contributed by atoms with Crippen molar-refractivity contribution >= 4 is 22.0 Å². The molecule has 0 aliphatic carbocycles. The van der Waals surface area contributed by atoms with Crippen molar-refractivity contribution in [1.82, 2.24) is 0 Å². The van der Waals surface area contributed by atoms with E-state index in [1.54, 1.807) is 0 Å². The zero-order chi connectivity index (χ0) is 10.4. The van der Waals surface area contributed by atoms with E-state index in [1.165, 1.54) is 0 Å². The Kier molecular flexibility index (Phi) is 4.91. The SMILES string of the molecule is Cc1ccc(C=CCCBr)cc1CO. The van der Waals surface area contributed by atoms with Gasteiger partial charge in [0, 0.05) is 5.33 Å². The summed E-state index contributed by atoms with van der Waals surface area (Å²) in [6.45, 7) is 2.13. The Balaban J connectivity index is 2.79. The standard InChI is InChI=1S/C12H15BrO/c1-10-5-6-11(4-2-3-7-13)8-12(10)9-14/h2,4-6,8,14H,3,7,9H2,1H3. The largest absolute Gasteiger partial charge is 0.392 e. The maximum absolute atomic E-state index is 9.08. The van der Waals surface area contributed by atoms with Crippen LogP contribution >= 0.6 is 15.9 Å². The summed E-state index contributed by atoms with van der Waals surface area (Å²) in [6.07, 6.45) is 5.24. The predicted molar refractivity (Wildman–Crippen MR) is 64.5 cm³/mol. The third-order valence-corrected chi connectivity index (χ3v) is 2.59. The van der Waals surface area contributed by atoms with Crippen molar-refractivity contribution in [3.05, 3.63) is 41.0 Å². The van der Waals surface area contributed by atoms with Crippen LogP contribution in [0.25, 0.3) is 6.08 Å². The van der Waals surface area contributed by atoms with E-state index in [0.29, 0.717) is 0 Å². The molecule has 1 aromatic carbocycles. The van der Waals surface area contributed by atoms with Crippen LogP contribution in [0.1, 0.15) is 23.1 Å². The van der Waals surface area contributed by atoms with Gasteiger partial charge in [-0.05, 0) is 36.1 Å². The Morgan fingerprint density at radius 1 is 1.43 bits per heavy atom. The summed E-state index contributed by atoms with van der Waals surface area (Å²) in [5.41, 5.74) is 3.30. The Hall–Kier alpha value is -0.600. The van der Waals surface area contributed by atoms with Crippen LogP contribution in [0.4, 0.5) is 0 Å². The number of aryl methyl sites for hydroxylation is 1. The molecule has 2 heteroatoms. The molecular formula is C12H15BrO. The van der Waals surface area contributed by atoms with Crippen molar-refractivity contribution in [3.8, 4) is 0 Å². The molecule has 0 saturated carbocycles. The van der Waals surface area contributed by atoms with Crippen LogP contribution in [0.5, 0.6) is 0 Å². The van der Waals surface area contributed by atoms with Crippen LogP contribution in [-0.4, -0.2) is 10.4 Å². The van der Waals surface area contributed by atoms with Crippen LogP contribution in [0.3, 0.4) is 0 Å². The highest BCUT2D eigenvalue weighted by atomic mass is 79.9. The summed E-state index contributed by atoms with van der Waals surface area (Å²) >= 11 is 3.37. The number of benzene rings is 1. The highest BCUT2D eigenvalue weighted by Gasteiger charge is 1.96. The van der Waals surface area contributed by atoms with Crippen molar-refractivity contribution in [2.45, 2.75) is 20.0 Å². The highest BCUT2D eigenvalue weighted by Crippen LogP contribution is 2.12. The van der Waals surface area contributed by atoms with Gasteiger partial charge in [0.05, 0.1) is 6.61 Å². The molecule has 0 saturated heterocycles. The van der Waals surface area contributed by atoms with Gasteiger partial charge in [-0.1, -0.05) is 40.2 Å². The zero-order valence-corrected chi connectivity index (χ0v) is 9.92. The summed E-state index contributed by atoms with van der Waals surface area (Å²) in [7, 11) is 0. The molecule has 14 heavy (non-hydrogen) atoms. The van der Waals surface area contributed by atoms with Gasteiger partial charge in [0.15, 0.2) is 0 Å². The summed E-state index contributed by atoms with van der Waals surface area (Å²) in [4.78, 5) is 0. The van der Waals surface area contributed by atoms with E-state index in [2.05, 4.69) is 34.1 Å². The summed E-state index contributed by atoms with van der Waals surface area (Å²) in [6, 6.07) is 6.14. The number of aliphatic hydroxyl groups is 1. The van der Waals surface area contributed by atoms with Gasteiger partial charge in [-0.2, -0.15) is 0 Å². The third-order valence-electron chi connectivity index (χ3n) is 2.13. The van der Waals surface area contributed by atoms with Crippen molar-refractivity contribution in [1.29, 1.82) is 0 Å². The summed E-state index contributed by atoms with van der Waals surface area (Å²) in [5, 5.41) is 10.1. The molecule has 0 aliphatic heterocycles. The molecule has 0 atom stereocenters. The molecule has 1 aromatic rings. The minimum Gasteiger partial charge on any atom is -0.392 e. The van der Waals surface area contributed by atoms with E-state index in [1.807, 2.05) is 19.1 Å². The lowest BCUT2D eigenvalue weighted by atomic mass is 10.1. The molecule has 0 fully saturated rings. The number of alkyl halides is 1. The van der Waals surface area contributed by atoms with Crippen molar-refractivity contribution in [2.24, 2.45) is 0 Å². The zero-order valence-electron chi connectivity index (χ0n) is 8.33. The molecular weight excluding hydrogens is 240 g/mol. The van der Waals surface area contributed by atoms with Gasteiger partial charge in [0.2, 0.25) is 0 Å². The first-order chi connectivity index (χ1) is 6.77. The normalized spacial score (nSPS) is 11.1. The second-order valence-electron chi connectivity index (χ2n) is 3.22. The van der Waals surface area contributed by atoms with Crippen LogP contribution in [0, 0.1) is 6.92 Å². The van der Waals surface area contributed by atoms with E-state index in [0.717, 1.165) is 28.4 Å². The minimum atomic E-state index is 0.117. The fraction of sp³-hybridized carbons (Fsp3) is 0.333. The molecule has 1 N–H and O–H groups in total. The van der Waals surface area contributed by atoms with Crippen LogP contribution in [0.15, 0.2) is 24.3 Å². The van der Waals surface area contributed by atoms with Gasteiger partial charge in [0.25, 0.3) is 0 Å². The number of aliphatic hydroxyl groups excluding tert-OH is 1. The first-order valence-corrected chi connectivity index (χ1v) is 5.83. The molecule has 0 aliphatic rings. The quantitative estimate of drug-likeness (QED) is 0.818. The first-order valence-electron chi connectivity index (χ1n) is 4.71. The van der Waals surface area contributed by atoms with Gasteiger partial charge in [-0.25, -0.2) is 0 Å². The number of hydrogen-bond donors (Lipinski definition) is 1. The maximum atomic E-state index is 9.08. The minimum absolute atomic E-state index is 0.117. The van der Waals surface area contributed by atoms with Gasteiger partial charge in [0.1, 0.15) is 0 Å². The first kappa shape index (κ1) is 11.5. The lowest BCUT2D eigenvalue weighted by molar-refractivity contribution is 0.281. The topological polar surface area (TPSA) is 20.2 Å². The molecule has 1 nitrogen and oxygen atoms in total. The maximum Gasteiger partial charge on any atom is 0.0684 e. The third kappa shape index (κ3) is 3.28. The molecule has 0 spiro atoms. The van der Waals surface area contributed by atoms with Crippen LogP contribution < -0.4 is 0 Å². The van der Waals surface area contributed by atoms with Crippen molar-refractivity contribution in [3.63, 3.8) is 0 Å². The fourth-order valence-electron chi connectivity index (χ4n) is 1.25. The Labute approximate surface area is 93.6 Å². The average Bonchev–Trinajstić information content (AvgIpc) is 2.21. The molecule has 0 aromatic heterocycles. The fourth-order valence-corrected chi connectivity index (χ4v) is 1.51. The van der Waals surface area contributed by atoms with Gasteiger partial charge >= 0.3 is 0 Å². The lowest BCUT2D eigenvalue weighted by Gasteiger charge is -2.03. The Bertz CT molecular complexity index is 318. The van der Waals surface area contributed by atoms with E-state index in [-0.39, 0.29) is 6.61 Å². The van der Waals surface area contributed by atoms with E-state index < -0.39 is 0 Å². The molecule has 1 rings (SSSR count). The number of rotatable bonds is 4. The van der Waals surface area contributed by atoms with Gasteiger partial charge < -0.3 is 5.11 Å². The van der Waals surface area contributed by atoms with Crippen molar-refractivity contribution in [2.75, 3.05) is 5.33 Å². The lowest BCUT2D eigenvalue weighted by Crippen LogP contribution is -1.88.